The van der Waals surface area contributed by atoms with Crippen molar-refractivity contribution in [1.29, 1.82) is 0 Å². The van der Waals surface area contributed by atoms with Crippen molar-refractivity contribution in [1.82, 2.24) is 5.32 Å². The van der Waals surface area contributed by atoms with Gasteiger partial charge in [0.05, 0.1) is 13.7 Å². The highest BCUT2D eigenvalue weighted by molar-refractivity contribution is 5.36. The zero-order valence-electron chi connectivity index (χ0n) is 9.58. The quantitative estimate of drug-likeness (QED) is 0.771. The Hall–Kier alpha value is -1.06. The SMILES string of the molecule is COc1ccc(C)cc1CN[C@H](C)CO. The Morgan fingerprint density at radius 1 is 1.47 bits per heavy atom. The minimum Gasteiger partial charge on any atom is -0.496 e. The number of aryl methyl sites for hydroxylation is 1. The van der Waals surface area contributed by atoms with E-state index in [9.17, 15) is 0 Å². The monoisotopic (exact) mass is 209 g/mol. The standard InChI is InChI=1S/C12H19NO2/c1-9-4-5-12(15-3)11(6-9)7-13-10(2)8-14/h4-6,10,13-14H,7-8H2,1-3H3/t10-/m1/s1. The molecule has 84 valence electrons. The molecule has 0 heterocycles. The van der Waals surface area contributed by atoms with E-state index >= 15 is 0 Å². The van der Waals surface area contributed by atoms with Crippen molar-refractivity contribution in [3.8, 4) is 5.75 Å². The van der Waals surface area contributed by atoms with E-state index in [1.54, 1.807) is 7.11 Å². The Labute approximate surface area is 91.1 Å². The van der Waals surface area contributed by atoms with Gasteiger partial charge in [0.2, 0.25) is 0 Å². The molecule has 0 fully saturated rings. The number of methoxy groups -OCH3 is 1. The van der Waals surface area contributed by atoms with Crippen LogP contribution in [-0.4, -0.2) is 24.9 Å². The third-order valence-corrected chi connectivity index (χ3v) is 2.35. The molecule has 0 aliphatic carbocycles. The zero-order valence-corrected chi connectivity index (χ0v) is 9.58. The van der Waals surface area contributed by atoms with Gasteiger partial charge in [-0.2, -0.15) is 0 Å². The van der Waals surface area contributed by atoms with Crippen LogP contribution < -0.4 is 10.1 Å². The van der Waals surface area contributed by atoms with Crippen molar-refractivity contribution in [2.75, 3.05) is 13.7 Å². The molecule has 1 aromatic rings. The number of hydrogen-bond donors (Lipinski definition) is 2. The Morgan fingerprint density at radius 3 is 2.80 bits per heavy atom. The van der Waals surface area contributed by atoms with E-state index in [0.717, 1.165) is 11.3 Å². The van der Waals surface area contributed by atoms with Gasteiger partial charge in [0.15, 0.2) is 0 Å². The molecule has 0 saturated heterocycles. The van der Waals surface area contributed by atoms with Gasteiger partial charge in [-0.1, -0.05) is 17.7 Å². The normalized spacial score (nSPS) is 12.5. The summed E-state index contributed by atoms with van der Waals surface area (Å²) in [5.74, 6) is 0.887. The Bertz CT molecular complexity index is 312. The van der Waals surface area contributed by atoms with Crippen molar-refractivity contribution in [3.63, 3.8) is 0 Å². The molecule has 3 heteroatoms. The Morgan fingerprint density at radius 2 is 2.20 bits per heavy atom. The number of rotatable bonds is 5. The maximum absolute atomic E-state index is 8.90. The average Bonchev–Trinajstić information content (AvgIpc) is 2.26. The van der Waals surface area contributed by atoms with E-state index in [1.807, 2.05) is 19.1 Å². The van der Waals surface area contributed by atoms with Gasteiger partial charge in [-0.3, -0.25) is 0 Å². The minimum atomic E-state index is 0.107. The molecule has 0 aliphatic heterocycles. The lowest BCUT2D eigenvalue weighted by atomic mass is 10.1. The zero-order chi connectivity index (χ0) is 11.3. The highest BCUT2D eigenvalue weighted by Crippen LogP contribution is 2.19. The molecule has 0 unspecified atom stereocenters. The summed E-state index contributed by atoms with van der Waals surface area (Å²) in [5.41, 5.74) is 2.34. The lowest BCUT2D eigenvalue weighted by Gasteiger charge is -2.13. The van der Waals surface area contributed by atoms with Crippen molar-refractivity contribution in [2.45, 2.75) is 26.4 Å². The average molecular weight is 209 g/mol. The van der Waals surface area contributed by atoms with Crippen LogP contribution in [0.1, 0.15) is 18.1 Å². The predicted octanol–water partition coefficient (Wildman–Crippen LogP) is 1.47. The Kier molecular flexibility index (Phi) is 4.59. The number of ether oxygens (including phenoxy) is 1. The fraction of sp³-hybridized carbons (Fsp3) is 0.500. The van der Waals surface area contributed by atoms with Crippen molar-refractivity contribution >= 4 is 0 Å². The van der Waals surface area contributed by atoms with Gasteiger partial charge in [0.25, 0.3) is 0 Å². The van der Waals surface area contributed by atoms with E-state index in [2.05, 4.69) is 18.3 Å². The summed E-state index contributed by atoms with van der Waals surface area (Å²) in [6.07, 6.45) is 0. The summed E-state index contributed by atoms with van der Waals surface area (Å²) < 4.78 is 5.26. The fourth-order valence-electron chi connectivity index (χ4n) is 1.39. The summed E-state index contributed by atoms with van der Waals surface area (Å²) in [6, 6.07) is 6.19. The predicted molar refractivity (Wildman–Crippen MR) is 61.1 cm³/mol. The van der Waals surface area contributed by atoms with E-state index in [1.165, 1.54) is 5.56 Å². The highest BCUT2D eigenvalue weighted by atomic mass is 16.5. The molecule has 0 aliphatic rings. The summed E-state index contributed by atoms with van der Waals surface area (Å²) >= 11 is 0. The van der Waals surface area contributed by atoms with Crippen LogP contribution in [0.3, 0.4) is 0 Å². The molecule has 1 rings (SSSR count). The summed E-state index contributed by atoms with van der Waals surface area (Å²) in [4.78, 5) is 0. The van der Waals surface area contributed by atoms with E-state index in [-0.39, 0.29) is 12.6 Å². The maximum atomic E-state index is 8.90. The molecule has 0 bridgehead atoms. The molecule has 0 amide bonds. The second kappa shape index (κ2) is 5.73. The summed E-state index contributed by atoms with van der Waals surface area (Å²) in [5, 5.41) is 12.1. The van der Waals surface area contributed by atoms with Crippen molar-refractivity contribution in [2.24, 2.45) is 0 Å². The number of nitrogens with one attached hydrogen (secondary N) is 1. The molecule has 15 heavy (non-hydrogen) atoms. The second-order valence-electron chi connectivity index (χ2n) is 3.78. The first-order valence-corrected chi connectivity index (χ1v) is 5.15. The summed E-state index contributed by atoms with van der Waals surface area (Å²) in [7, 11) is 1.67. The van der Waals surface area contributed by atoms with Gasteiger partial charge in [0.1, 0.15) is 5.75 Å². The molecule has 1 atom stereocenters. The first kappa shape index (κ1) is 12.0. The molecular weight excluding hydrogens is 190 g/mol. The number of aliphatic hydroxyl groups excluding tert-OH is 1. The lowest BCUT2D eigenvalue weighted by molar-refractivity contribution is 0.250. The van der Waals surface area contributed by atoms with Gasteiger partial charge in [-0.15, -0.1) is 0 Å². The first-order valence-electron chi connectivity index (χ1n) is 5.15. The number of hydrogen-bond acceptors (Lipinski definition) is 3. The van der Waals surface area contributed by atoms with Crippen LogP contribution in [0.25, 0.3) is 0 Å². The van der Waals surface area contributed by atoms with Crippen LogP contribution in [0.15, 0.2) is 18.2 Å². The topological polar surface area (TPSA) is 41.5 Å². The molecule has 3 nitrogen and oxygen atoms in total. The fourth-order valence-corrected chi connectivity index (χ4v) is 1.39. The van der Waals surface area contributed by atoms with Crippen LogP contribution in [0.5, 0.6) is 5.75 Å². The van der Waals surface area contributed by atoms with Gasteiger partial charge < -0.3 is 15.2 Å². The summed E-state index contributed by atoms with van der Waals surface area (Å²) in [6.45, 7) is 4.86. The van der Waals surface area contributed by atoms with Gasteiger partial charge in [0, 0.05) is 18.2 Å². The largest absolute Gasteiger partial charge is 0.496 e. The highest BCUT2D eigenvalue weighted by Gasteiger charge is 2.04. The smallest absolute Gasteiger partial charge is 0.123 e. The van der Waals surface area contributed by atoms with Crippen molar-refractivity contribution in [3.05, 3.63) is 29.3 Å². The number of aliphatic hydroxyl groups is 1. The first-order chi connectivity index (χ1) is 7.17. The molecule has 0 aromatic heterocycles. The molecule has 0 radical (unpaired) electrons. The van der Waals surface area contributed by atoms with Crippen molar-refractivity contribution < 1.29 is 9.84 Å². The van der Waals surface area contributed by atoms with Crippen LogP contribution in [0.4, 0.5) is 0 Å². The minimum absolute atomic E-state index is 0.107. The van der Waals surface area contributed by atoms with Gasteiger partial charge in [-0.05, 0) is 19.9 Å². The van der Waals surface area contributed by atoms with Crippen LogP contribution >= 0.6 is 0 Å². The molecule has 1 aromatic carbocycles. The maximum Gasteiger partial charge on any atom is 0.123 e. The molecule has 0 spiro atoms. The van der Waals surface area contributed by atoms with Crippen LogP contribution in [-0.2, 0) is 6.54 Å². The Balaban J connectivity index is 2.69. The van der Waals surface area contributed by atoms with E-state index < -0.39 is 0 Å². The number of benzene rings is 1. The van der Waals surface area contributed by atoms with Crippen LogP contribution in [0, 0.1) is 6.92 Å². The third kappa shape index (κ3) is 3.53. The van der Waals surface area contributed by atoms with Crippen LogP contribution in [0.2, 0.25) is 0 Å². The lowest BCUT2D eigenvalue weighted by Crippen LogP contribution is -2.28. The van der Waals surface area contributed by atoms with Gasteiger partial charge in [-0.25, -0.2) is 0 Å². The molecular formula is C12H19NO2. The molecule has 2 N–H and O–H groups in total. The van der Waals surface area contributed by atoms with E-state index in [0.29, 0.717) is 6.54 Å². The van der Waals surface area contributed by atoms with Gasteiger partial charge >= 0.3 is 0 Å². The molecule has 0 saturated carbocycles. The second-order valence-corrected chi connectivity index (χ2v) is 3.78. The van der Waals surface area contributed by atoms with E-state index in [4.69, 9.17) is 9.84 Å². The third-order valence-electron chi connectivity index (χ3n) is 2.35.